The molecule has 5 rings (SSSR count). The highest BCUT2D eigenvalue weighted by molar-refractivity contribution is 7.92. The average molecular weight is 577 g/mol. The SMILES string of the molecule is Cc1cccc(C)c1-c1nc2nc(c1C)OC[C@@H](CC(C)C)N(CCC1CCC1)C(=O)c1cccc(c1)S(=O)(=O)N2. The van der Waals surface area contributed by atoms with Gasteiger partial charge in [0.2, 0.25) is 11.8 Å². The fourth-order valence-corrected chi connectivity index (χ4v) is 6.80. The van der Waals surface area contributed by atoms with E-state index in [2.05, 4.69) is 28.5 Å². The topological polar surface area (TPSA) is 101 Å². The van der Waals surface area contributed by atoms with Gasteiger partial charge in [0.25, 0.3) is 15.9 Å². The molecule has 4 bridgehead atoms. The van der Waals surface area contributed by atoms with Crippen molar-refractivity contribution in [1.29, 1.82) is 0 Å². The lowest BCUT2D eigenvalue weighted by Gasteiger charge is -2.35. The van der Waals surface area contributed by atoms with Crippen LogP contribution in [0.1, 0.15) is 73.0 Å². The van der Waals surface area contributed by atoms with Crippen LogP contribution in [0.15, 0.2) is 47.4 Å². The first kappa shape index (κ1) is 29.0. The molecule has 1 amide bonds. The molecule has 218 valence electrons. The molecule has 3 aromatic rings. The van der Waals surface area contributed by atoms with Gasteiger partial charge in [0.05, 0.1) is 16.6 Å². The maximum Gasteiger partial charge on any atom is 0.264 e. The molecule has 1 aliphatic heterocycles. The summed E-state index contributed by atoms with van der Waals surface area (Å²) in [6.45, 7) is 11.0. The number of hydrogen-bond donors (Lipinski definition) is 1. The summed E-state index contributed by atoms with van der Waals surface area (Å²) in [5.74, 6) is 0.998. The number of hydrogen-bond acceptors (Lipinski definition) is 6. The van der Waals surface area contributed by atoms with Gasteiger partial charge in [-0.05, 0) is 74.8 Å². The zero-order valence-corrected chi connectivity index (χ0v) is 25.4. The zero-order chi connectivity index (χ0) is 29.3. The van der Waals surface area contributed by atoms with Crippen LogP contribution in [0.25, 0.3) is 11.3 Å². The van der Waals surface area contributed by atoms with Crippen LogP contribution in [0, 0.1) is 32.6 Å². The molecule has 2 aliphatic rings. The van der Waals surface area contributed by atoms with Gasteiger partial charge in [0, 0.05) is 23.2 Å². The van der Waals surface area contributed by atoms with E-state index in [-0.39, 0.29) is 29.4 Å². The van der Waals surface area contributed by atoms with Crippen LogP contribution >= 0.6 is 0 Å². The van der Waals surface area contributed by atoms with Crippen molar-refractivity contribution in [2.45, 2.75) is 77.7 Å². The van der Waals surface area contributed by atoms with Gasteiger partial charge in [0.15, 0.2) is 0 Å². The summed E-state index contributed by atoms with van der Waals surface area (Å²) in [5, 5.41) is 0. The van der Waals surface area contributed by atoms with Gasteiger partial charge in [-0.3, -0.25) is 4.79 Å². The molecular weight excluding hydrogens is 536 g/mol. The number of carbonyl (C=O) groups is 1. The molecule has 41 heavy (non-hydrogen) atoms. The number of carbonyl (C=O) groups excluding carboxylic acids is 1. The second kappa shape index (κ2) is 11.8. The molecule has 0 saturated heterocycles. The Morgan fingerprint density at radius 3 is 2.41 bits per heavy atom. The van der Waals surface area contributed by atoms with Gasteiger partial charge in [-0.25, -0.2) is 18.1 Å². The summed E-state index contributed by atoms with van der Waals surface area (Å²) < 4.78 is 36.1. The Hall–Kier alpha value is -3.46. The van der Waals surface area contributed by atoms with Crippen LogP contribution in [0.3, 0.4) is 0 Å². The van der Waals surface area contributed by atoms with E-state index in [0.717, 1.165) is 35.1 Å². The summed E-state index contributed by atoms with van der Waals surface area (Å²) in [4.78, 5) is 25.1. The monoisotopic (exact) mass is 576 g/mol. The van der Waals surface area contributed by atoms with Crippen molar-refractivity contribution in [2.24, 2.45) is 11.8 Å². The molecule has 1 saturated carbocycles. The normalized spacial score (nSPS) is 18.9. The van der Waals surface area contributed by atoms with E-state index in [1.165, 1.54) is 31.4 Å². The highest BCUT2D eigenvalue weighted by atomic mass is 32.2. The van der Waals surface area contributed by atoms with E-state index >= 15 is 0 Å². The lowest BCUT2D eigenvalue weighted by atomic mass is 9.83. The number of amides is 1. The summed E-state index contributed by atoms with van der Waals surface area (Å²) >= 11 is 0. The fraction of sp³-hybridized carbons (Fsp3) is 0.469. The van der Waals surface area contributed by atoms with Crippen molar-refractivity contribution in [2.75, 3.05) is 17.9 Å². The van der Waals surface area contributed by atoms with Crippen LogP contribution in [-0.2, 0) is 10.0 Å². The quantitative estimate of drug-likeness (QED) is 0.369. The number of fused-ring (bicyclic) bond motifs is 4. The van der Waals surface area contributed by atoms with Crippen LogP contribution in [0.4, 0.5) is 5.95 Å². The van der Waals surface area contributed by atoms with Crippen molar-refractivity contribution in [1.82, 2.24) is 14.9 Å². The smallest absolute Gasteiger partial charge is 0.264 e. The number of aromatic nitrogens is 2. The molecule has 1 atom stereocenters. The van der Waals surface area contributed by atoms with Crippen molar-refractivity contribution in [3.8, 4) is 17.1 Å². The predicted molar refractivity (Wildman–Crippen MR) is 161 cm³/mol. The van der Waals surface area contributed by atoms with Crippen LogP contribution in [0.2, 0.25) is 0 Å². The molecule has 0 radical (unpaired) electrons. The lowest BCUT2D eigenvalue weighted by molar-refractivity contribution is 0.0545. The molecule has 0 unspecified atom stereocenters. The molecule has 2 heterocycles. The van der Waals surface area contributed by atoms with E-state index in [0.29, 0.717) is 35.5 Å². The molecule has 1 N–H and O–H groups in total. The minimum atomic E-state index is -4.09. The van der Waals surface area contributed by atoms with Crippen molar-refractivity contribution >= 4 is 21.9 Å². The maximum atomic E-state index is 14.0. The summed E-state index contributed by atoms with van der Waals surface area (Å²) in [5.41, 5.74) is 4.63. The Labute approximate surface area is 243 Å². The summed E-state index contributed by atoms with van der Waals surface area (Å²) in [7, 11) is -4.09. The minimum absolute atomic E-state index is 0.0118. The van der Waals surface area contributed by atoms with E-state index in [1.807, 2.05) is 43.9 Å². The largest absolute Gasteiger partial charge is 0.475 e. The Bertz CT molecular complexity index is 1530. The Morgan fingerprint density at radius 1 is 1.05 bits per heavy atom. The molecule has 2 aromatic carbocycles. The number of nitrogens with zero attached hydrogens (tertiary/aromatic N) is 3. The van der Waals surface area contributed by atoms with Gasteiger partial charge in [-0.2, -0.15) is 4.98 Å². The third kappa shape index (κ3) is 6.25. The Balaban J connectivity index is 1.65. The number of ether oxygens (including phenoxy) is 1. The standard InChI is InChI=1S/C32H40N4O4S/c1-20(2)17-26-19-40-30-23(5)29(28-21(3)9-6-10-22(28)4)33-32(34-30)35-41(38,39)27-14-8-13-25(18-27)31(37)36(26)16-15-24-11-7-12-24/h6,8-10,13-14,18,20,24,26H,7,11-12,15-17,19H2,1-5H3,(H,33,34,35)/t26-/m1/s1. The predicted octanol–water partition coefficient (Wildman–Crippen LogP) is 6.31. The number of rotatable bonds is 6. The molecular formula is C32H40N4O4S. The first-order valence-corrected chi connectivity index (χ1v) is 16.0. The zero-order valence-electron chi connectivity index (χ0n) is 24.6. The van der Waals surface area contributed by atoms with Crippen molar-refractivity contribution in [3.63, 3.8) is 0 Å². The first-order chi connectivity index (χ1) is 19.5. The molecule has 0 spiro atoms. The van der Waals surface area contributed by atoms with Gasteiger partial charge >= 0.3 is 0 Å². The third-order valence-corrected chi connectivity index (χ3v) is 9.62. The average Bonchev–Trinajstić information content (AvgIpc) is 2.89. The lowest BCUT2D eigenvalue weighted by Crippen LogP contribution is -2.45. The number of nitrogens with one attached hydrogen (secondary N) is 1. The van der Waals surface area contributed by atoms with Gasteiger partial charge in [0.1, 0.15) is 6.61 Å². The minimum Gasteiger partial charge on any atom is -0.475 e. The highest BCUT2D eigenvalue weighted by Crippen LogP contribution is 2.35. The summed E-state index contributed by atoms with van der Waals surface area (Å²) in [6.07, 6.45) is 5.29. The summed E-state index contributed by atoms with van der Waals surface area (Å²) in [6, 6.07) is 12.0. The molecule has 1 aliphatic carbocycles. The third-order valence-electron chi connectivity index (χ3n) is 8.30. The van der Waals surface area contributed by atoms with Crippen molar-refractivity contribution < 1.29 is 17.9 Å². The number of aryl methyl sites for hydroxylation is 2. The Kier molecular flexibility index (Phi) is 8.36. The van der Waals surface area contributed by atoms with E-state index < -0.39 is 10.0 Å². The van der Waals surface area contributed by atoms with E-state index in [1.54, 1.807) is 12.1 Å². The van der Waals surface area contributed by atoms with Gasteiger partial charge < -0.3 is 9.64 Å². The van der Waals surface area contributed by atoms with Crippen molar-refractivity contribution in [3.05, 3.63) is 64.7 Å². The van der Waals surface area contributed by atoms with Gasteiger partial charge in [-0.1, -0.05) is 57.4 Å². The fourth-order valence-electron chi connectivity index (χ4n) is 5.81. The van der Waals surface area contributed by atoms with E-state index in [9.17, 15) is 13.2 Å². The van der Waals surface area contributed by atoms with Gasteiger partial charge in [-0.15, -0.1) is 0 Å². The molecule has 9 heteroatoms. The number of benzene rings is 2. The van der Waals surface area contributed by atoms with E-state index in [4.69, 9.17) is 4.74 Å². The second-order valence-electron chi connectivity index (χ2n) is 11.9. The van der Waals surface area contributed by atoms with Crippen LogP contribution < -0.4 is 9.46 Å². The Morgan fingerprint density at radius 2 is 1.76 bits per heavy atom. The maximum absolute atomic E-state index is 14.0. The number of sulfonamides is 1. The molecule has 1 fully saturated rings. The first-order valence-electron chi connectivity index (χ1n) is 14.6. The van der Waals surface area contributed by atoms with Crippen LogP contribution in [-0.4, -0.2) is 48.4 Å². The highest BCUT2D eigenvalue weighted by Gasteiger charge is 2.31. The van der Waals surface area contributed by atoms with Crippen LogP contribution in [0.5, 0.6) is 5.88 Å². The molecule has 8 nitrogen and oxygen atoms in total. The molecule has 1 aromatic heterocycles. The number of anilines is 1. The second-order valence-corrected chi connectivity index (χ2v) is 13.6.